The minimum atomic E-state index is -0.148. The minimum Gasteiger partial charge on any atom is -0.491 e. The number of ether oxygens (including phenoxy) is 2. The third kappa shape index (κ3) is 6.80. The van der Waals surface area contributed by atoms with Gasteiger partial charge in [0.1, 0.15) is 5.75 Å². The van der Waals surface area contributed by atoms with Gasteiger partial charge in [-0.2, -0.15) is 0 Å². The Hall–Kier alpha value is -1.75. The van der Waals surface area contributed by atoms with E-state index in [2.05, 4.69) is 12.2 Å². The molecule has 0 aliphatic rings. The first-order valence-electron chi connectivity index (χ1n) is 7.98. The molecule has 0 atom stereocenters. The number of amides is 1. The first kappa shape index (κ1) is 18.3. The van der Waals surface area contributed by atoms with Gasteiger partial charge in [0.25, 0.3) is 5.91 Å². The van der Waals surface area contributed by atoms with Crippen molar-refractivity contribution in [1.29, 1.82) is 0 Å². The molecule has 22 heavy (non-hydrogen) atoms. The van der Waals surface area contributed by atoms with Crippen molar-refractivity contribution < 1.29 is 14.3 Å². The molecule has 0 bridgehead atoms. The monoisotopic (exact) mass is 308 g/mol. The Morgan fingerprint density at radius 2 is 1.95 bits per heavy atom. The van der Waals surface area contributed by atoms with E-state index in [1.807, 2.05) is 0 Å². The predicted molar refractivity (Wildman–Crippen MR) is 89.3 cm³/mol. The van der Waals surface area contributed by atoms with Crippen LogP contribution in [0.4, 0.5) is 5.69 Å². The van der Waals surface area contributed by atoms with Crippen molar-refractivity contribution in [2.75, 3.05) is 32.6 Å². The molecular formula is C17H28N2O3. The van der Waals surface area contributed by atoms with Crippen LogP contribution in [0.25, 0.3) is 0 Å². The van der Waals surface area contributed by atoms with Crippen LogP contribution in [0.15, 0.2) is 18.2 Å². The summed E-state index contributed by atoms with van der Waals surface area (Å²) in [5, 5.41) is 2.78. The zero-order chi connectivity index (χ0) is 16.2. The second-order valence-corrected chi connectivity index (χ2v) is 5.26. The summed E-state index contributed by atoms with van der Waals surface area (Å²) in [7, 11) is 1.60. The van der Waals surface area contributed by atoms with Crippen LogP contribution in [0.5, 0.6) is 5.75 Å². The number of hydrogen-bond donors (Lipinski definition) is 2. The van der Waals surface area contributed by atoms with Gasteiger partial charge in [-0.1, -0.05) is 32.6 Å². The van der Waals surface area contributed by atoms with Crippen LogP contribution in [0.3, 0.4) is 0 Å². The summed E-state index contributed by atoms with van der Waals surface area (Å²) in [6.45, 7) is 3.79. The fourth-order valence-corrected chi connectivity index (χ4v) is 2.06. The lowest BCUT2D eigenvalue weighted by atomic mass is 10.1. The molecular weight excluding hydrogens is 280 g/mol. The van der Waals surface area contributed by atoms with Crippen molar-refractivity contribution in [3.05, 3.63) is 23.8 Å². The molecule has 0 unspecified atom stereocenters. The smallest absolute Gasteiger partial charge is 0.251 e. The number of methoxy groups -OCH3 is 1. The lowest BCUT2D eigenvalue weighted by molar-refractivity contribution is 0.0936. The second kappa shape index (κ2) is 10.9. The molecule has 0 spiro atoms. The highest BCUT2D eigenvalue weighted by molar-refractivity contribution is 5.95. The quantitative estimate of drug-likeness (QED) is 0.487. The van der Waals surface area contributed by atoms with Gasteiger partial charge >= 0.3 is 0 Å². The van der Waals surface area contributed by atoms with Gasteiger partial charge in [0, 0.05) is 19.2 Å². The molecule has 1 aromatic carbocycles. The number of nitrogen functional groups attached to an aromatic ring is 1. The van der Waals surface area contributed by atoms with E-state index < -0.39 is 0 Å². The molecule has 0 aromatic heterocycles. The summed E-state index contributed by atoms with van der Waals surface area (Å²) < 4.78 is 10.6. The number of unbranched alkanes of at least 4 members (excludes halogenated alkanes) is 4. The van der Waals surface area contributed by atoms with Gasteiger partial charge in [0.2, 0.25) is 0 Å². The Bertz CT molecular complexity index is 450. The molecule has 3 N–H and O–H groups in total. The molecule has 0 fully saturated rings. The average molecular weight is 308 g/mol. The minimum absolute atomic E-state index is 0.148. The lowest BCUT2D eigenvalue weighted by Crippen LogP contribution is -2.26. The van der Waals surface area contributed by atoms with Crippen LogP contribution >= 0.6 is 0 Å². The molecule has 0 aliphatic carbocycles. The van der Waals surface area contributed by atoms with Crippen LogP contribution in [0.2, 0.25) is 0 Å². The predicted octanol–water partition coefficient (Wildman–Crippen LogP) is 2.99. The molecule has 0 aliphatic heterocycles. The summed E-state index contributed by atoms with van der Waals surface area (Å²) >= 11 is 0. The normalized spacial score (nSPS) is 10.5. The zero-order valence-electron chi connectivity index (χ0n) is 13.7. The SMILES string of the molecule is CCCCCCCOc1cc(C(=O)NCCOC)ccc1N. The Morgan fingerprint density at radius 1 is 1.18 bits per heavy atom. The molecule has 1 aromatic rings. The fraction of sp³-hybridized carbons (Fsp3) is 0.588. The van der Waals surface area contributed by atoms with E-state index in [0.29, 0.717) is 36.8 Å². The van der Waals surface area contributed by atoms with Gasteiger partial charge in [-0.3, -0.25) is 4.79 Å². The molecule has 124 valence electrons. The Kier molecular flexibility index (Phi) is 9.07. The zero-order valence-corrected chi connectivity index (χ0v) is 13.7. The van der Waals surface area contributed by atoms with Crippen molar-refractivity contribution in [2.45, 2.75) is 39.0 Å². The Morgan fingerprint density at radius 3 is 2.68 bits per heavy atom. The highest BCUT2D eigenvalue weighted by Gasteiger charge is 2.09. The van der Waals surface area contributed by atoms with Crippen LogP contribution < -0.4 is 15.8 Å². The van der Waals surface area contributed by atoms with Crippen molar-refractivity contribution in [1.82, 2.24) is 5.32 Å². The van der Waals surface area contributed by atoms with E-state index in [1.165, 1.54) is 19.3 Å². The number of carbonyl (C=O) groups excluding carboxylic acids is 1. The van der Waals surface area contributed by atoms with Gasteiger partial charge < -0.3 is 20.5 Å². The summed E-state index contributed by atoms with van der Waals surface area (Å²) in [4.78, 5) is 12.0. The number of hydrogen-bond acceptors (Lipinski definition) is 4. The molecule has 0 heterocycles. The van der Waals surface area contributed by atoms with Gasteiger partial charge in [-0.25, -0.2) is 0 Å². The standard InChI is InChI=1S/C17H28N2O3/c1-3-4-5-6-7-11-22-16-13-14(8-9-15(16)18)17(20)19-10-12-21-2/h8-9,13H,3-7,10-12,18H2,1-2H3,(H,19,20). The maximum Gasteiger partial charge on any atom is 0.251 e. The van der Waals surface area contributed by atoms with Crippen molar-refractivity contribution in [2.24, 2.45) is 0 Å². The van der Waals surface area contributed by atoms with E-state index in [-0.39, 0.29) is 5.91 Å². The van der Waals surface area contributed by atoms with Crippen LogP contribution in [-0.2, 0) is 4.74 Å². The van der Waals surface area contributed by atoms with Gasteiger partial charge in [-0.15, -0.1) is 0 Å². The summed E-state index contributed by atoms with van der Waals surface area (Å²) in [6.07, 6.45) is 5.89. The van der Waals surface area contributed by atoms with E-state index in [1.54, 1.807) is 25.3 Å². The van der Waals surface area contributed by atoms with E-state index in [4.69, 9.17) is 15.2 Å². The summed E-state index contributed by atoms with van der Waals surface area (Å²) in [5.41, 5.74) is 7.00. The molecule has 5 heteroatoms. The lowest BCUT2D eigenvalue weighted by Gasteiger charge is -2.11. The number of carbonyl (C=O) groups is 1. The first-order valence-corrected chi connectivity index (χ1v) is 7.98. The summed E-state index contributed by atoms with van der Waals surface area (Å²) in [6, 6.07) is 5.10. The molecule has 0 saturated carbocycles. The van der Waals surface area contributed by atoms with Gasteiger partial charge in [0.05, 0.1) is 18.9 Å². The maximum atomic E-state index is 12.0. The highest BCUT2D eigenvalue weighted by Crippen LogP contribution is 2.23. The van der Waals surface area contributed by atoms with E-state index in [0.717, 1.165) is 12.8 Å². The third-order valence-corrected chi connectivity index (χ3v) is 3.37. The third-order valence-electron chi connectivity index (χ3n) is 3.37. The average Bonchev–Trinajstić information content (AvgIpc) is 2.52. The molecule has 5 nitrogen and oxygen atoms in total. The molecule has 1 amide bonds. The van der Waals surface area contributed by atoms with Crippen molar-refractivity contribution in [3.63, 3.8) is 0 Å². The Labute approximate surface area is 133 Å². The van der Waals surface area contributed by atoms with Crippen molar-refractivity contribution in [3.8, 4) is 5.75 Å². The van der Waals surface area contributed by atoms with Crippen LogP contribution in [0.1, 0.15) is 49.4 Å². The van der Waals surface area contributed by atoms with Crippen LogP contribution in [-0.4, -0.2) is 32.8 Å². The molecule has 1 rings (SSSR count). The second-order valence-electron chi connectivity index (χ2n) is 5.26. The molecule has 0 saturated heterocycles. The topological polar surface area (TPSA) is 73.6 Å². The summed E-state index contributed by atoms with van der Waals surface area (Å²) in [5.74, 6) is 0.430. The van der Waals surface area contributed by atoms with E-state index >= 15 is 0 Å². The fourth-order valence-electron chi connectivity index (χ4n) is 2.06. The number of rotatable bonds is 11. The Balaban J connectivity index is 2.45. The number of benzene rings is 1. The van der Waals surface area contributed by atoms with Crippen molar-refractivity contribution >= 4 is 11.6 Å². The molecule has 0 radical (unpaired) electrons. The van der Waals surface area contributed by atoms with Gasteiger partial charge in [-0.05, 0) is 24.6 Å². The number of anilines is 1. The largest absolute Gasteiger partial charge is 0.491 e. The first-order chi connectivity index (χ1) is 10.7. The van der Waals surface area contributed by atoms with E-state index in [9.17, 15) is 4.79 Å². The maximum absolute atomic E-state index is 12.0. The number of nitrogens with two attached hydrogens (primary N) is 1. The number of nitrogens with one attached hydrogen (secondary N) is 1. The highest BCUT2D eigenvalue weighted by atomic mass is 16.5. The van der Waals surface area contributed by atoms with Crippen LogP contribution in [0, 0.1) is 0 Å². The van der Waals surface area contributed by atoms with Gasteiger partial charge in [0.15, 0.2) is 0 Å².